The number of aromatic nitrogens is 1. The van der Waals surface area contributed by atoms with Gasteiger partial charge in [-0.05, 0) is 28.8 Å². The van der Waals surface area contributed by atoms with E-state index in [0.29, 0.717) is 12.2 Å². The van der Waals surface area contributed by atoms with Crippen molar-refractivity contribution in [3.8, 4) is 11.1 Å². The third kappa shape index (κ3) is 3.67. The van der Waals surface area contributed by atoms with E-state index in [9.17, 15) is 14.7 Å². The molecule has 2 aromatic carbocycles. The fraction of sp³-hybridized carbons (Fsp3) is 0.269. The fourth-order valence-electron chi connectivity index (χ4n) is 4.99. The molecule has 6 nitrogen and oxygen atoms in total. The van der Waals surface area contributed by atoms with E-state index in [1.807, 2.05) is 36.4 Å². The average molecular weight is 428 g/mol. The van der Waals surface area contributed by atoms with E-state index in [1.54, 1.807) is 16.0 Å². The number of pyridine rings is 1. The van der Waals surface area contributed by atoms with Crippen LogP contribution in [0.1, 0.15) is 17.2 Å². The molecule has 0 bridgehead atoms. The number of piperazine rings is 1. The van der Waals surface area contributed by atoms with Crippen LogP contribution in [0, 0.1) is 0 Å². The molecule has 0 unspecified atom stereocenters. The Balaban J connectivity index is 1.34. The zero-order valence-corrected chi connectivity index (χ0v) is 17.7. The highest BCUT2D eigenvalue weighted by Gasteiger charge is 2.54. The maximum absolute atomic E-state index is 12.9. The molecule has 2 saturated heterocycles. The Morgan fingerprint density at radius 2 is 1.69 bits per heavy atom. The van der Waals surface area contributed by atoms with Crippen molar-refractivity contribution in [1.29, 1.82) is 0 Å². The molecule has 2 amide bonds. The lowest BCUT2D eigenvalue weighted by Gasteiger charge is -2.58. The van der Waals surface area contributed by atoms with Gasteiger partial charge in [-0.3, -0.25) is 14.6 Å². The van der Waals surface area contributed by atoms with Crippen LogP contribution < -0.4 is 0 Å². The minimum absolute atomic E-state index is 0.000719. The molecular weight excluding hydrogens is 402 g/mol. The van der Waals surface area contributed by atoms with Crippen LogP contribution in [-0.2, 0) is 16.0 Å². The Hall–Kier alpha value is -3.51. The minimum Gasteiger partial charge on any atom is -0.394 e. The summed E-state index contributed by atoms with van der Waals surface area (Å²) in [4.78, 5) is 33.3. The van der Waals surface area contributed by atoms with Crippen molar-refractivity contribution in [1.82, 2.24) is 14.8 Å². The van der Waals surface area contributed by atoms with Crippen molar-refractivity contribution >= 4 is 11.8 Å². The van der Waals surface area contributed by atoms with Gasteiger partial charge in [0, 0.05) is 24.4 Å². The van der Waals surface area contributed by atoms with Gasteiger partial charge in [0.2, 0.25) is 11.8 Å². The van der Waals surface area contributed by atoms with Gasteiger partial charge in [0.25, 0.3) is 0 Å². The topological polar surface area (TPSA) is 73.7 Å². The molecule has 3 aromatic rings. The Kier molecular flexibility index (Phi) is 5.45. The molecule has 6 heteroatoms. The second-order valence-electron chi connectivity index (χ2n) is 8.40. The van der Waals surface area contributed by atoms with Gasteiger partial charge in [-0.2, -0.15) is 0 Å². The quantitative estimate of drug-likeness (QED) is 0.679. The number of aliphatic hydroxyl groups is 1. The summed E-state index contributed by atoms with van der Waals surface area (Å²) >= 11 is 0. The summed E-state index contributed by atoms with van der Waals surface area (Å²) in [6.07, 6.45) is 1.85. The van der Waals surface area contributed by atoms with Crippen molar-refractivity contribution < 1.29 is 14.7 Å². The Morgan fingerprint density at radius 3 is 2.38 bits per heavy atom. The fourth-order valence-corrected chi connectivity index (χ4v) is 4.99. The van der Waals surface area contributed by atoms with Gasteiger partial charge >= 0.3 is 0 Å². The molecule has 0 radical (unpaired) electrons. The van der Waals surface area contributed by atoms with Crippen LogP contribution in [0.3, 0.4) is 0 Å². The molecule has 0 saturated carbocycles. The molecule has 3 atom stereocenters. The lowest BCUT2D eigenvalue weighted by molar-refractivity contribution is -0.166. The Labute approximate surface area is 187 Å². The SMILES string of the molecule is O=C(Cc1ccccn1)N1CC(=O)N2[C@H](CO)[C@@H](c3ccc(-c4ccccc4)cc3)[C@H]2C1. The average Bonchev–Trinajstić information content (AvgIpc) is 2.82. The van der Waals surface area contributed by atoms with Crippen LogP contribution in [0.25, 0.3) is 11.1 Å². The van der Waals surface area contributed by atoms with Crippen LogP contribution in [-0.4, -0.2) is 63.5 Å². The molecule has 3 heterocycles. The largest absolute Gasteiger partial charge is 0.394 e. The third-order valence-corrected chi connectivity index (χ3v) is 6.57. The maximum Gasteiger partial charge on any atom is 0.242 e. The summed E-state index contributed by atoms with van der Waals surface area (Å²) in [6.45, 7) is 0.437. The van der Waals surface area contributed by atoms with E-state index in [1.165, 1.54) is 0 Å². The summed E-state index contributed by atoms with van der Waals surface area (Å²) in [7, 11) is 0. The molecule has 2 fully saturated rings. The monoisotopic (exact) mass is 427 g/mol. The zero-order valence-electron chi connectivity index (χ0n) is 17.7. The first-order valence-electron chi connectivity index (χ1n) is 10.9. The molecular formula is C26H25N3O3. The van der Waals surface area contributed by atoms with Crippen LogP contribution in [0.2, 0.25) is 0 Å². The number of fused-ring (bicyclic) bond motifs is 1. The van der Waals surface area contributed by atoms with E-state index in [0.717, 1.165) is 16.7 Å². The number of carbonyl (C=O) groups is 2. The van der Waals surface area contributed by atoms with Gasteiger partial charge in [-0.25, -0.2) is 0 Å². The lowest BCUT2D eigenvalue weighted by Crippen LogP contribution is -2.73. The van der Waals surface area contributed by atoms with Gasteiger partial charge in [-0.15, -0.1) is 0 Å². The van der Waals surface area contributed by atoms with Crippen LogP contribution in [0.4, 0.5) is 0 Å². The second-order valence-corrected chi connectivity index (χ2v) is 8.40. The number of benzene rings is 2. The van der Waals surface area contributed by atoms with E-state index >= 15 is 0 Å². The van der Waals surface area contributed by atoms with Crippen LogP contribution in [0.5, 0.6) is 0 Å². The molecule has 1 N–H and O–H groups in total. The van der Waals surface area contributed by atoms with Crippen LogP contribution >= 0.6 is 0 Å². The predicted octanol–water partition coefficient (Wildman–Crippen LogP) is 2.49. The standard InChI is InChI=1S/C26H25N3O3/c30-17-23-26(20-11-9-19(10-12-20)18-6-2-1-3-7-18)22-15-28(16-25(32)29(22)23)24(31)14-21-8-4-5-13-27-21/h1-13,22-23,26,30H,14-17H2/t22-,23-,26+/m1/s1. The summed E-state index contributed by atoms with van der Waals surface area (Å²) in [6, 6.07) is 23.6. The first kappa shape index (κ1) is 20.4. The first-order valence-corrected chi connectivity index (χ1v) is 10.9. The molecule has 2 aliphatic heterocycles. The van der Waals surface area contributed by atoms with Crippen molar-refractivity contribution in [3.05, 3.63) is 90.3 Å². The smallest absolute Gasteiger partial charge is 0.242 e. The normalized spacial score (nSPS) is 22.3. The van der Waals surface area contributed by atoms with Gasteiger partial charge in [0.05, 0.1) is 31.7 Å². The molecule has 32 heavy (non-hydrogen) atoms. The highest BCUT2D eigenvalue weighted by Crippen LogP contribution is 2.43. The number of rotatable bonds is 5. The molecule has 2 aliphatic rings. The van der Waals surface area contributed by atoms with Gasteiger partial charge < -0.3 is 14.9 Å². The number of nitrogens with zero attached hydrogens (tertiary/aromatic N) is 3. The van der Waals surface area contributed by atoms with Crippen molar-refractivity contribution in [2.24, 2.45) is 0 Å². The minimum atomic E-state index is -0.247. The third-order valence-electron chi connectivity index (χ3n) is 6.57. The highest BCUT2D eigenvalue weighted by atomic mass is 16.3. The molecule has 162 valence electrons. The summed E-state index contributed by atoms with van der Waals surface area (Å²) < 4.78 is 0. The molecule has 1 aromatic heterocycles. The number of hydrogen-bond donors (Lipinski definition) is 1. The van der Waals surface area contributed by atoms with Crippen LogP contribution in [0.15, 0.2) is 79.0 Å². The first-order chi connectivity index (χ1) is 15.7. The number of hydrogen-bond acceptors (Lipinski definition) is 4. The summed E-state index contributed by atoms with van der Waals surface area (Å²) in [5.74, 6) is -0.201. The van der Waals surface area contributed by atoms with Gasteiger partial charge in [-0.1, -0.05) is 60.7 Å². The van der Waals surface area contributed by atoms with Gasteiger partial charge in [0.15, 0.2) is 0 Å². The van der Waals surface area contributed by atoms with Crippen molar-refractivity contribution in [2.45, 2.75) is 24.4 Å². The molecule has 0 aliphatic carbocycles. The lowest BCUT2D eigenvalue weighted by atomic mass is 9.73. The van der Waals surface area contributed by atoms with E-state index in [2.05, 4.69) is 41.4 Å². The molecule has 0 spiro atoms. The van der Waals surface area contributed by atoms with Crippen molar-refractivity contribution in [2.75, 3.05) is 19.7 Å². The molecule has 5 rings (SSSR count). The summed E-state index contributed by atoms with van der Waals surface area (Å²) in [5.41, 5.74) is 4.05. The zero-order chi connectivity index (χ0) is 22.1. The second kappa shape index (κ2) is 8.55. The maximum atomic E-state index is 12.9. The predicted molar refractivity (Wildman–Crippen MR) is 121 cm³/mol. The number of amides is 2. The van der Waals surface area contributed by atoms with Gasteiger partial charge in [0.1, 0.15) is 0 Å². The number of carbonyl (C=O) groups excluding carboxylic acids is 2. The van der Waals surface area contributed by atoms with E-state index in [4.69, 9.17) is 0 Å². The Morgan fingerprint density at radius 1 is 0.969 bits per heavy atom. The van der Waals surface area contributed by atoms with Crippen molar-refractivity contribution in [3.63, 3.8) is 0 Å². The number of aliphatic hydroxyl groups excluding tert-OH is 1. The summed E-state index contributed by atoms with van der Waals surface area (Å²) in [5, 5.41) is 9.99. The van der Waals surface area contributed by atoms with E-state index < -0.39 is 0 Å². The highest BCUT2D eigenvalue weighted by molar-refractivity contribution is 5.88. The Bertz CT molecular complexity index is 1100. The van der Waals surface area contributed by atoms with E-state index in [-0.39, 0.29) is 49.4 Å².